The minimum atomic E-state index is -0.580. The lowest BCUT2D eigenvalue weighted by molar-refractivity contribution is -0.235. The molecule has 5 rings (SSSR count). The van der Waals surface area contributed by atoms with E-state index in [1.54, 1.807) is 0 Å². The molecule has 8 heteroatoms. The number of fused-ring (bicyclic) bond motifs is 7. The lowest BCUT2D eigenvalue weighted by atomic mass is 9.32. The third-order valence-corrected chi connectivity index (χ3v) is 16.0. The van der Waals surface area contributed by atoms with Crippen LogP contribution in [0.2, 0.25) is 0 Å². The van der Waals surface area contributed by atoms with Crippen LogP contribution in [0.25, 0.3) is 0 Å². The Morgan fingerprint density at radius 2 is 1.62 bits per heavy atom. The topological polar surface area (TPSA) is 69.7 Å². The van der Waals surface area contributed by atoms with Crippen molar-refractivity contribution in [3.05, 3.63) is 10.1 Å². The first-order valence-electron chi connectivity index (χ1n) is 15.9. The number of ether oxygens (including phenoxy) is 2. The molecular weight excluding hydrogens is 728 g/mol. The minimum Gasteiger partial charge on any atom is -0.466 e. The van der Waals surface area contributed by atoms with E-state index in [-0.39, 0.29) is 50.9 Å². The summed E-state index contributed by atoms with van der Waals surface area (Å²) < 4.78 is 11.7. The van der Waals surface area contributed by atoms with Gasteiger partial charge >= 0.3 is 11.9 Å². The van der Waals surface area contributed by atoms with Crippen molar-refractivity contribution in [1.82, 2.24) is 0 Å². The molecule has 10 atom stereocenters. The summed E-state index contributed by atoms with van der Waals surface area (Å²) in [6.07, 6.45) is 8.88. The Bertz CT molecular complexity index is 1180. The van der Waals surface area contributed by atoms with Crippen LogP contribution in [-0.2, 0) is 23.9 Å². The van der Waals surface area contributed by atoms with E-state index in [0.717, 1.165) is 67.6 Å². The highest BCUT2D eigenvalue weighted by molar-refractivity contribution is 9.12. The zero-order valence-corrected chi connectivity index (χ0v) is 31.2. The molecule has 0 amide bonds. The molecule has 0 aromatic rings. The van der Waals surface area contributed by atoms with Crippen molar-refractivity contribution in [2.24, 2.45) is 56.7 Å². The van der Waals surface area contributed by atoms with Crippen LogP contribution in [0.3, 0.4) is 0 Å². The molecule has 0 bridgehead atoms. The van der Waals surface area contributed by atoms with Gasteiger partial charge in [-0.15, -0.1) is 0 Å². The number of hydrogen-bond donors (Lipinski definition) is 0. The smallest absolute Gasteiger partial charge is 0.344 e. The standard InChI is InChI=1S/C34H49Br3O5/c1-19(36)21(17-35)20-10-13-34(29(40)42-18-26(38)41-7)15-14-32(5)22(27(20)34)8-9-25-31(4)16-23(37)28(39)30(2,3)24(31)11-12-33(25,32)6/h20,22-25,27H,8-18H2,1-7H3/b21-19+/t20-,22?,23?,24?,25?,27?,31-,32+,33+,34?/m0/s1. The SMILES string of the molecule is COC(=O)COC(=O)C12CC[C@@H](/C(CBr)=C(\C)Br)C1C1CCC3[C@@]4(C)CC(Br)C(=O)C(C)(C)C4CC[C@@]3(C)[C@]1(C)CC2. The third-order valence-electron chi connectivity index (χ3n) is 14.1. The summed E-state index contributed by atoms with van der Waals surface area (Å²) in [4.78, 5) is 39.3. The average molecular weight is 777 g/mol. The first kappa shape index (κ1) is 33.2. The highest BCUT2D eigenvalue weighted by Crippen LogP contribution is 2.77. The monoisotopic (exact) mass is 774 g/mol. The number of allylic oxidation sites excluding steroid dienone is 2. The molecule has 0 radical (unpaired) electrons. The number of carbonyl (C=O) groups is 3. The summed E-state index contributed by atoms with van der Waals surface area (Å²) in [6.45, 7) is 13.8. The van der Waals surface area contributed by atoms with Crippen molar-refractivity contribution in [3.63, 3.8) is 0 Å². The van der Waals surface area contributed by atoms with E-state index in [1.807, 2.05) is 0 Å². The van der Waals surface area contributed by atoms with E-state index in [1.165, 1.54) is 12.7 Å². The summed E-state index contributed by atoms with van der Waals surface area (Å²) in [5.74, 6) is 1.39. The molecule has 0 saturated heterocycles. The summed E-state index contributed by atoms with van der Waals surface area (Å²) in [5.41, 5.74) is 0.705. The van der Waals surface area contributed by atoms with E-state index >= 15 is 0 Å². The second-order valence-electron chi connectivity index (χ2n) is 15.6. The molecule has 0 aromatic heterocycles. The van der Waals surface area contributed by atoms with Gasteiger partial charge in [0.25, 0.3) is 0 Å². The lowest BCUT2D eigenvalue weighted by Gasteiger charge is -2.72. The Morgan fingerprint density at radius 1 is 0.929 bits per heavy atom. The molecule has 5 saturated carbocycles. The average Bonchev–Trinajstić information content (AvgIpc) is 3.31. The van der Waals surface area contributed by atoms with E-state index in [0.29, 0.717) is 23.5 Å². The first-order valence-corrected chi connectivity index (χ1v) is 18.7. The molecule has 0 heterocycles. The fourth-order valence-corrected chi connectivity index (χ4v) is 14.9. The van der Waals surface area contributed by atoms with Crippen LogP contribution in [0.4, 0.5) is 0 Å². The van der Waals surface area contributed by atoms with Gasteiger partial charge in [-0.2, -0.15) is 0 Å². The van der Waals surface area contributed by atoms with Crippen LogP contribution in [0.15, 0.2) is 10.1 Å². The minimum absolute atomic E-state index is 0.0638. The number of methoxy groups -OCH3 is 1. The fraction of sp³-hybridized carbons (Fsp3) is 0.853. The van der Waals surface area contributed by atoms with Crippen molar-refractivity contribution in [1.29, 1.82) is 0 Å². The summed E-state index contributed by atoms with van der Waals surface area (Å²) in [6, 6.07) is 0. The molecule has 236 valence electrons. The Hall–Kier alpha value is -0.210. The molecule has 5 aliphatic carbocycles. The molecule has 0 spiro atoms. The van der Waals surface area contributed by atoms with Crippen LogP contribution < -0.4 is 0 Å². The molecule has 5 nitrogen and oxygen atoms in total. The molecular formula is C34H49Br3O5. The zero-order valence-electron chi connectivity index (χ0n) is 26.4. The Balaban J connectivity index is 1.57. The maximum Gasteiger partial charge on any atom is 0.344 e. The van der Waals surface area contributed by atoms with Gasteiger partial charge in [-0.05, 0) is 121 Å². The number of carbonyl (C=O) groups excluding carboxylic acids is 3. The Labute approximate surface area is 277 Å². The Morgan fingerprint density at radius 3 is 2.24 bits per heavy atom. The Kier molecular flexibility index (Phi) is 8.88. The van der Waals surface area contributed by atoms with Crippen molar-refractivity contribution >= 4 is 65.5 Å². The predicted molar refractivity (Wildman–Crippen MR) is 176 cm³/mol. The number of rotatable bonds is 5. The van der Waals surface area contributed by atoms with Crippen molar-refractivity contribution in [3.8, 4) is 0 Å². The number of hydrogen-bond acceptors (Lipinski definition) is 5. The number of alkyl halides is 2. The summed E-state index contributed by atoms with van der Waals surface area (Å²) in [5, 5.41) is 0.775. The van der Waals surface area contributed by atoms with Gasteiger partial charge in [0.05, 0.1) is 17.4 Å². The van der Waals surface area contributed by atoms with Crippen molar-refractivity contribution in [2.45, 2.75) is 104 Å². The summed E-state index contributed by atoms with van der Waals surface area (Å²) >= 11 is 11.4. The van der Waals surface area contributed by atoms with Crippen LogP contribution in [0.1, 0.15) is 99.3 Å². The van der Waals surface area contributed by atoms with Crippen LogP contribution in [0, 0.1) is 56.7 Å². The van der Waals surface area contributed by atoms with E-state index < -0.39 is 11.4 Å². The summed E-state index contributed by atoms with van der Waals surface area (Å²) in [7, 11) is 1.33. The number of esters is 2. The van der Waals surface area contributed by atoms with Crippen molar-refractivity contribution < 1.29 is 23.9 Å². The lowest BCUT2D eigenvalue weighted by Crippen LogP contribution is -2.67. The highest BCUT2D eigenvalue weighted by Gasteiger charge is 2.72. The van der Waals surface area contributed by atoms with Crippen molar-refractivity contribution in [2.75, 3.05) is 19.0 Å². The van der Waals surface area contributed by atoms with Gasteiger partial charge in [-0.3, -0.25) is 9.59 Å². The first-order chi connectivity index (χ1) is 19.5. The molecule has 5 fully saturated rings. The van der Waals surface area contributed by atoms with E-state index in [9.17, 15) is 14.4 Å². The van der Waals surface area contributed by atoms with Gasteiger partial charge < -0.3 is 9.47 Å². The zero-order chi connectivity index (χ0) is 31.0. The predicted octanol–water partition coefficient (Wildman–Crippen LogP) is 8.79. The van der Waals surface area contributed by atoms with Crippen LogP contribution in [0.5, 0.6) is 0 Å². The molecule has 6 unspecified atom stereocenters. The van der Waals surface area contributed by atoms with E-state index in [2.05, 4.69) is 89.3 Å². The van der Waals surface area contributed by atoms with Gasteiger partial charge in [0.2, 0.25) is 0 Å². The second-order valence-corrected chi connectivity index (χ2v) is 18.5. The molecule has 5 aliphatic rings. The van der Waals surface area contributed by atoms with Gasteiger partial charge in [0.15, 0.2) is 12.4 Å². The maximum absolute atomic E-state index is 14.1. The quantitative estimate of drug-likeness (QED) is 0.206. The maximum atomic E-state index is 14.1. The third kappa shape index (κ3) is 4.54. The molecule has 42 heavy (non-hydrogen) atoms. The number of Topliss-reactive ketones (excluding diaryl/α,β-unsaturated/α-hetero) is 1. The largest absolute Gasteiger partial charge is 0.466 e. The van der Waals surface area contributed by atoms with Gasteiger partial charge in [-0.1, -0.05) is 82.4 Å². The molecule has 0 aromatic carbocycles. The van der Waals surface area contributed by atoms with Gasteiger partial charge in [0.1, 0.15) is 0 Å². The highest BCUT2D eigenvalue weighted by atomic mass is 79.9. The van der Waals surface area contributed by atoms with Crippen LogP contribution in [-0.4, -0.2) is 41.6 Å². The second kappa shape index (κ2) is 11.2. The number of halogens is 3. The number of ketones is 1. The van der Waals surface area contributed by atoms with Crippen LogP contribution >= 0.6 is 47.8 Å². The van der Waals surface area contributed by atoms with Gasteiger partial charge in [0, 0.05) is 10.7 Å². The molecule has 0 aliphatic heterocycles. The normalized spacial score (nSPS) is 46.4. The van der Waals surface area contributed by atoms with Gasteiger partial charge in [-0.25, -0.2) is 4.79 Å². The fourth-order valence-electron chi connectivity index (χ4n) is 12.0. The molecule has 0 N–H and O–H groups in total. The van der Waals surface area contributed by atoms with E-state index in [4.69, 9.17) is 9.47 Å².